The molecule has 0 radical (unpaired) electrons. The molecule has 0 aliphatic carbocycles. The van der Waals surface area contributed by atoms with Crippen LogP contribution in [0.1, 0.15) is 0 Å². The molecule has 0 fully saturated rings. The molecule has 4 heteroatoms. The van der Waals surface area contributed by atoms with Crippen molar-refractivity contribution in [2.24, 2.45) is 4.99 Å². The van der Waals surface area contributed by atoms with Gasteiger partial charge >= 0.3 is 0 Å². The van der Waals surface area contributed by atoms with Crippen LogP contribution in [0.2, 0.25) is 0 Å². The number of hydrogen-bond donors (Lipinski definition) is 2. The van der Waals surface area contributed by atoms with E-state index in [0.717, 1.165) is 0 Å². The van der Waals surface area contributed by atoms with E-state index in [2.05, 4.69) is 32.9 Å². The first-order valence-electron chi connectivity index (χ1n) is 2.37. The van der Waals surface area contributed by atoms with Crippen molar-refractivity contribution in [3.05, 3.63) is 10.2 Å². The summed E-state index contributed by atoms with van der Waals surface area (Å²) in [5, 5.41) is 9.54. The second kappa shape index (κ2) is 5.74. The van der Waals surface area contributed by atoms with Gasteiger partial charge in [0, 0.05) is 13.3 Å². The molecule has 0 aliphatic rings. The van der Waals surface area contributed by atoms with Gasteiger partial charge in [-0.1, -0.05) is 22.6 Å². The second-order valence-electron chi connectivity index (χ2n) is 1.20. The van der Waals surface area contributed by atoms with Crippen LogP contribution >= 0.6 is 22.6 Å². The maximum atomic E-state index is 6.97. The molecule has 0 saturated heterocycles. The molecule has 50 valence electrons. The van der Waals surface area contributed by atoms with Gasteiger partial charge < -0.3 is 5.32 Å². The van der Waals surface area contributed by atoms with E-state index in [1.807, 2.05) is 4.08 Å². The van der Waals surface area contributed by atoms with E-state index in [4.69, 9.17) is 5.41 Å². The molecule has 0 amide bonds. The Labute approximate surface area is 67.9 Å². The molecule has 0 bridgehead atoms. The molecule has 0 aliphatic heterocycles. The number of nitrogens with one attached hydrogen (secondary N) is 2. The fraction of sp³-hybridized carbons (Fsp3) is 0.200. The normalized spacial score (nSPS) is 10.9. The molecular weight excluding hydrogens is 229 g/mol. The zero-order valence-corrected chi connectivity index (χ0v) is 7.21. The Balaban J connectivity index is 3.57. The molecule has 0 aromatic heterocycles. The number of guanidine groups is 1. The van der Waals surface area contributed by atoms with Gasteiger partial charge in [-0.25, -0.2) is 4.99 Å². The van der Waals surface area contributed by atoms with Crippen LogP contribution in [0.25, 0.3) is 0 Å². The lowest BCUT2D eigenvalue weighted by Gasteiger charge is -1.89. The molecule has 2 N–H and O–H groups in total. The standard InChI is InChI=1S/C5H8IN3/c1-8-5(7)9-4-2-3-6/h2-4H,1H3,(H2,7,8)/b3-2-,9-4-. The van der Waals surface area contributed by atoms with Gasteiger partial charge in [0.2, 0.25) is 5.96 Å². The van der Waals surface area contributed by atoms with E-state index < -0.39 is 0 Å². The summed E-state index contributed by atoms with van der Waals surface area (Å²) >= 11 is 2.08. The van der Waals surface area contributed by atoms with Gasteiger partial charge in [-0.3, -0.25) is 5.41 Å². The number of halogens is 1. The average molecular weight is 237 g/mol. The SMILES string of the molecule is CNC(=N)/N=C\C=C/I. The van der Waals surface area contributed by atoms with Crippen LogP contribution in [0.5, 0.6) is 0 Å². The predicted octanol–water partition coefficient (Wildman–Crippen LogP) is 1.16. The topological polar surface area (TPSA) is 48.2 Å². The monoisotopic (exact) mass is 237 g/mol. The highest BCUT2D eigenvalue weighted by Crippen LogP contribution is 1.79. The summed E-state index contributed by atoms with van der Waals surface area (Å²) in [4.78, 5) is 3.69. The van der Waals surface area contributed by atoms with Crippen LogP contribution in [0, 0.1) is 5.41 Å². The highest BCUT2D eigenvalue weighted by Gasteiger charge is 1.77. The van der Waals surface area contributed by atoms with Gasteiger partial charge in [-0.15, -0.1) is 0 Å². The number of rotatable bonds is 1. The summed E-state index contributed by atoms with van der Waals surface area (Å²) in [5.74, 6) is 0.171. The minimum atomic E-state index is 0.171. The van der Waals surface area contributed by atoms with Crippen molar-refractivity contribution in [3.63, 3.8) is 0 Å². The predicted molar refractivity (Wildman–Crippen MR) is 48.4 cm³/mol. The fourth-order valence-corrected chi connectivity index (χ4v) is 0.400. The van der Waals surface area contributed by atoms with Crippen LogP contribution in [0.15, 0.2) is 15.2 Å². The lowest BCUT2D eigenvalue weighted by atomic mass is 10.7. The maximum absolute atomic E-state index is 6.97. The highest BCUT2D eigenvalue weighted by molar-refractivity contribution is 14.1. The first kappa shape index (κ1) is 8.61. The van der Waals surface area contributed by atoms with E-state index in [1.165, 1.54) is 0 Å². The molecular formula is C5H8IN3. The molecule has 0 rings (SSSR count). The third kappa shape index (κ3) is 5.48. The second-order valence-corrected chi connectivity index (χ2v) is 1.91. The Morgan fingerprint density at radius 2 is 2.44 bits per heavy atom. The summed E-state index contributed by atoms with van der Waals surface area (Å²) in [6.45, 7) is 0. The van der Waals surface area contributed by atoms with Gasteiger partial charge in [-0.05, 0) is 10.2 Å². The molecule has 3 nitrogen and oxygen atoms in total. The van der Waals surface area contributed by atoms with Crippen molar-refractivity contribution in [2.75, 3.05) is 7.05 Å². The molecule has 9 heavy (non-hydrogen) atoms. The van der Waals surface area contributed by atoms with Crippen molar-refractivity contribution in [1.29, 1.82) is 5.41 Å². The van der Waals surface area contributed by atoms with Crippen molar-refractivity contribution in [1.82, 2.24) is 5.32 Å². The van der Waals surface area contributed by atoms with Crippen molar-refractivity contribution < 1.29 is 0 Å². The minimum absolute atomic E-state index is 0.171. The lowest BCUT2D eigenvalue weighted by Crippen LogP contribution is -2.13. The van der Waals surface area contributed by atoms with Gasteiger partial charge in [0.25, 0.3) is 0 Å². The van der Waals surface area contributed by atoms with Crippen molar-refractivity contribution >= 4 is 34.8 Å². The van der Waals surface area contributed by atoms with E-state index in [1.54, 1.807) is 19.3 Å². The van der Waals surface area contributed by atoms with E-state index in [0.29, 0.717) is 0 Å². The van der Waals surface area contributed by atoms with E-state index in [9.17, 15) is 0 Å². The first-order chi connectivity index (χ1) is 4.31. The van der Waals surface area contributed by atoms with Gasteiger partial charge in [0.15, 0.2) is 0 Å². The van der Waals surface area contributed by atoms with Crippen molar-refractivity contribution in [2.45, 2.75) is 0 Å². The fourth-order valence-electron chi connectivity index (χ4n) is 0.215. The summed E-state index contributed by atoms with van der Waals surface area (Å²) < 4.78 is 1.82. The van der Waals surface area contributed by atoms with Gasteiger partial charge in [0.1, 0.15) is 0 Å². The third-order valence-corrected chi connectivity index (χ3v) is 1.01. The summed E-state index contributed by atoms with van der Waals surface area (Å²) in [7, 11) is 1.66. The molecule has 0 unspecified atom stereocenters. The number of allylic oxidation sites excluding steroid dienone is 1. The Hall–Kier alpha value is -0.390. The van der Waals surface area contributed by atoms with E-state index in [-0.39, 0.29) is 5.96 Å². The van der Waals surface area contributed by atoms with E-state index >= 15 is 0 Å². The van der Waals surface area contributed by atoms with Gasteiger partial charge in [-0.2, -0.15) is 0 Å². The summed E-state index contributed by atoms with van der Waals surface area (Å²) in [6.07, 6.45) is 3.32. The van der Waals surface area contributed by atoms with Crippen molar-refractivity contribution in [3.8, 4) is 0 Å². The molecule has 0 aromatic carbocycles. The molecule has 0 saturated carbocycles. The lowest BCUT2D eigenvalue weighted by molar-refractivity contribution is 1.12. The number of aliphatic imine (C=N–C) groups is 1. The first-order valence-corrected chi connectivity index (χ1v) is 3.61. The zero-order chi connectivity index (χ0) is 7.11. The quantitative estimate of drug-likeness (QED) is 0.401. The minimum Gasteiger partial charge on any atom is -0.358 e. The van der Waals surface area contributed by atoms with Crippen LogP contribution in [0.4, 0.5) is 0 Å². The maximum Gasteiger partial charge on any atom is 0.214 e. The van der Waals surface area contributed by atoms with Crippen LogP contribution in [-0.4, -0.2) is 19.2 Å². The van der Waals surface area contributed by atoms with Crippen LogP contribution in [0.3, 0.4) is 0 Å². The molecule has 0 spiro atoms. The Morgan fingerprint density at radius 1 is 1.78 bits per heavy atom. The molecule has 0 heterocycles. The van der Waals surface area contributed by atoms with Crippen LogP contribution in [-0.2, 0) is 0 Å². The van der Waals surface area contributed by atoms with Crippen LogP contribution < -0.4 is 5.32 Å². The summed E-state index contributed by atoms with van der Waals surface area (Å²) in [6, 6.07) is 0. The largest absolute Gasteiger partial charge is 0.358 e. The average Bonchev–Trinajstić information content (AvgIpc) is 1.89. The molecule has 0 aromatic rings. The Kier molecular flexibility index (Phi) is 5.49. The Morgan fingerprint density at radius 3 is 2.89 bits per heavy atom. The zero-order valence-electron chi connectivity index (χ0n) is 5.06. The number of nitrogens with zero attached hydrogens (tertiary/aromatic N) is 1. The highest BCUT2D eigenvalue weighted by atomic mass is 127. The Bertz CT molecular complexity index is 139. The van der Waals surface area contributed by atoms with Gasteiger partial charge in [0.05, 0.1) is 0 Å². The smallest absolute Gasteiger partial charge is 0.214 e. The number of hydrogen-bond acceptors (Lipinski definition) is 1. The molecule has 0 atom stereocenters. The third-order valence-electron chi connectivity index (χ3n) is 0.599. The summed E-state index contributed by atoms with van der Waals surface area (Å²) in [5.41, 5.74) is 0.